The lowest BCUT2D eigenvalue weighted by Crippen LogP contribution is -2.39. The van der Waals surface area contributed by atoms with Crippen LogP contribution in [0.1, 0.15) is 62.4 Å². The van der Waals surface area contributed by atoms with Gasteiger partial charge in [0.05, 0.1) is 4.90 Å². The molecule has 5 nitrogen and oxygen atoms in total. The Labute approximate surface area is 204 Å². The maximum Gasteiger partial charge on any atom is 0.258 e. The fraction of sp³-hybridized carbons (Fsp3) is 0.423. The van der Waals surface area contributed by atoms with Crippen molar-refractivity contribution in [3.05, 3.63) is 65.7 Å². The lowest BCUT2D eigenvalue weighted by atomic mass is 9.69. The summed E-state index contributed by atoms with van der Waals surface area (Å²) in [6.45, 7) is 10.8. The molecule has 176 valence electrons. The molecule has 1 atom stereocenters. The molecule has 2 aliphatic rings. The number of rotatable bonds is 5. The number of benzene rings is 2. The highest BCUT2D eigenvalue weighted by Gasteiger charge is 2.46. The molecule has 1 fully saturated rings. The van der Waals surface area contributed by atoms with Crippen molar-refractivity contribution in [1.82, 2.24) is 4.72 Å². The first-order chi connectivity index (χ1) is 15.6. The maximum absolute atomic E-state index is 13.7. The summed E-state index contributed by atoms with van der Waals surface area (Å²) in [5.74, 6) is -0.0438. The molecule has 7 heteroatoms. The van der Waals surface area contributed by atoms with Gasteiger partial charge in [0.2, 0.25) is 0 Å². The summed E-state index contributed by atoms with van der Waals surface area (Å²) in [5.41, 5.74) is 4.81. The van der Waals surface area contributed by atoms with Gasteiger partial charge in [-0.3, -0.25) is 4.79 Å². The molecule has 2 aromatic rings. The number of fused-ring (bicyclic) bond motifs is 2. The molecule has 2 N–H and O–H groups in total. The Balaban J connectivity index is 1.67. The maximum atomic E-state index is 13.7. The zero-order valence-corrected chi connectivity index (χ0v) is 21.5. The third-order valence-electron chi connectivity index (χ3n) is 6.39. The highest BCUT2D eigenvalue weighted by Crippen LogP contribution is 2.51. The fourth-order valence-electron chi connectivity index (χ4n) is 4.78. The topological polar surface area (TPSA) is 61.4 Å². The second-order valence-corrected chi connectivity index (χ2v) is 11.9. The Morgan fingerprint density at radius 1 is 1.15 bits per heavy atom. The summed E-state index contributed by atoms with van der Waals surface area (Å²) in [5, 5.41) is 0. The standard InChI is InChI=1S/C26H33N3O2S2/c1-18-11-13-26(14-12-18)17-29(23-10-9-20(27-32-5)16-22(23)26)24(30)19-7-6-8-21(15-19)33(31)28-25(2,3)4/h6-10,15-16,27-28H,1,11-14,17H2,2-5H3. The number of carbonyl (C=O) groups excluding carboxylic acids is 1. The molecular formula is C26H33N3O2S2. The van der Waals surface area contributed by atoms with Gasteiger partial charge in [-0.1, -0.05) is 30.2 Å². The van der Waals surface area contributed by atoms with Crippen molar-refractivity contribution in [1.29, 1.82) is 0 Å². The average Bonchev–Trinajstić information content (AvgIpc) is 3.08. The Morgan fingerprint density at radius 2 is 1.88 bits per heavy atom. The van der Waals surface area contributed by atoms with E-state index < -0.39 is 11.0 Å². The van der Waals surface area contributed by atoms with E-state index in [4.69, 9.17) is 0 Å². The summed E-state index contributed by atoms with van der Waals surface area (Å²) < 4.78 is 19.2. The summed E-state index contributed by atoms with van der Waals surface area (Å²) in [6.07, 6.45) is 6.01. The fourth-order valence-corrected chi connectivity index (χ4v) is 6.25. The second-order valence-electron chi connectivity index (χ2n) is 10.1. The van der Waals surface area contributed by atoms with Gasteiger partial charge in [-0.15, -0.1) is 0 Å². The Kier molecular flexibility index (Phi) is 6.76. The quantitative estimate of drug-likeness (QED) is 0.416. The van der Waals surface area contributed by atoms with E-state index in [1.165, 1.54) is 11.1 Å². The predicted molar refractivity (Wildman–Crippen MR) is 140 cm³/mol. The summed E-state index contributed by atoms with van der Waals surface area (Å²) >= 11 is 1.57. The van der Waals surface area contributed by atoms with Crippen LogP contribution in [0.4, 0.5) is 11.4 Å². The number of nitrogens with zero attached hydrogens (tertiary/aromatic N) is 1. The minimum absolute atomic E-state index is 0.0438. The number of amides is 1. The molecule has 0 bridgehead atoms. The van der Waals surface area contributed by atoms with Crippen LogP contribution in [0.3, 0.4) is 0 Å². The molecule has 1 amide bonds. The first-order valence-electron chi connectivity index (χ1n) is 11.3. The van der Waals surface area contributed by atoms with Crippen LogP contribution in [0.25, 0.3) is 0 Å². The van der Waals surface area contributed by atoms with Crippen molar-refractivity contribution < 1.29 is 9.00 Å². The van der Waals surface area contributed by atoms with Crippen LogP contribution in [0.15, 0.2) is 59.5 Å². The molecule has 4 rings (SSSR count). The Morgan fingerprint density at radius 3 is 2.55 bits per heavy atom. The largest absolute Gasteiger partial charge is 0.330 e. The number of carbonyl (C=O) groups is 1. The van der Waals surface area contributed by atoms with Gasteiger partial charge in [0.15, 0.2) is 0 Å². The zero-order valence-electron chi connectivity index (χ0n) is 19.9. The molecule has 33 heavy (non-hydrogen) atoms. The Bertz CT molecular complexity index is 1100. The number of allylic oxidation sites excluding steroid dienone is 1. The molecule has 1 spiro atoms. The van der Waals surface area contributed by atoms with Crippen LogP contribution in [-0.4, -0.2) is 28.5 Å². The van der Waals surface area contributed by atoms with E-state index in [-0.39, 0.29) is 16.9 Å². The molecule has 0 radical (unpaired) electrons. The average molecular weight is 484 g/mol. The highest BCUT2D eigenvalue weighted by atomic mass is 32.2. The van der Waals surface area contributed by atoms with Gasteiger partial charge in [0.25, 0.3) is 5.91 Å². The molecule has 1 heterocycles. The van der Waals surface area contributed by atoms with E-state index in [1.54, 1.807) is 24.1 Å². The van der Waals surface area contributed by atoms with Crippen molar-refractivity contribution in [2.75, 3.05) is 22.4 Å². The van der Waals surface area contributed by atoms with Gasteiger partial charge in [-0.2, -0.15) is 0 Å². The lowest BCUT2D eigenvalue weighted by molar-refractivity contribution is 0.0983. The summed E-state index contributed by atoms with van der Waals surface area (Å²) in [4.78, 5) is 16.3. The van der Waals surface area contributed by atoms with Gasteiger partial charge in [0, 0.05) is 40.7 Å². The monoisotopic (exact) mass is 483 g/mol. The van der Waals surface area contributed by atoms with Crippen molar-refractivity contribution in [3.63, 3.8) is 0 Å². The molecule has 0 aromatic heterocycles. The van der Waals surface area contributed by atoms with Gasteiger partial charge >= 0.3 is 0 Å². The second kappa shape index (κ2) is 9.28. The van der Waals surface area contributed by atoms with E-state index in [0.717, 1.165) is 37.1 Å². The molecule has 0 saturated heterocycles. The first-order valence-corrected chi connectivity index (χ1v) is 13.7. The van der Waals surface area contributed by atoms with E-state index in [0.29, 0.717) is 17.0 Å². The van der Waals surface area contributed by atoms with Gasteiger partial charge in [-0.05, 0) is 88.4 Å². The van der Waals surface area contributed by atoms with Gasteiger partial charge < -0.3 is 9.62 Å². The number of anilines is 2. The van der Waals surface area contributed by atoms with Crippen LogP contribution in [0.2, 0.25) is 0 Å². The van der Waals surface area contributed by atoms with Crippen molar-refractivity contribution in [2.45, 2.75) is 62.3 Å². The van der Waals surface area contributed by atoms with E-state index >= 15 is 0 Å². The van der Waals surface area contributed by atoms with E-state index in [1.807, 2.05) is 50.1 Å². The van der Waals surface area contributed by atoms with Gasteiger partial charge in [0.1, 0.15) is 11.0 Å². The smallest absolute Gasteiger partial charge is 0.258 e. The minimum atomic E-state index is -1.39. The predicted octanol–water partition coefficient (Wildman–Crippen LogP) is 5.82. The molecular weight excluding hydrogens is 450 g/mol. The van der Waals surface area contributed by atoms with Crippen LogP contribution in [0.5, 0.6) is 0 Å². The number of nitrogens with one attached hydrogen (secondary N) is 2. The van der Waals surface area contributed by atoms with Crippen LogP contribution in [0, 0.1) is 0 Å². The number of hydrogen-bond donors (Lipinski definition) is 2. The third-order valence-corrected chi connectivity index (χ3v) is 8.31. The van der Waals surface area contributed by atoms with Crippen molar-refractivity contribution in [3.8, 4) is 0 Å². The SMILES string of the molecule is C=C1CCC2(CC1)CN(C(=O)c1cccc(S(=O)NC(C)(C)C)c1)c1ccc(NSC)cc12. The minimum Gasteiger partial charge on any atom is -0.330 e. The van der Waals surface area contributed by atoms with E-state index in [9.17, 15) is 9.00 Å². The summed E-state index contributed by atoms with van der Waals surface area (Å²) in [6, 6.07) is 13.5. The van der Waals surface area contributed by atoms with Crippen LogP contribution >= 0.6 is 11.9 Å². The van der Waals surface area contributed by atoms with Crippen LogP contribution in [-0.2, 0) is 16.4 Å². The first kappa shape index (κ1) is 24.0. The molecule has 1 unspecified atom stereocenters. The number of hydrogen-bond acceptors (Lipinski definition) is 4. The third kappa shape index (κ3) is 5.05. The van der Waals surface area contributed by atoms with E-state index in [2.05, 4.69) is 28.2 Å². The highest BCUT2D eigenvalue weighted by molar-refractivity contribution is 7.99. The molecule has 1 saturated carbocycles. The zero-order chi connectivity index (χ0) is 23.8. The molecule has 1 aliphatic heterocycles. The lowest BCUT2D eigenvalue weighted by Gasteiger charge is -2.35. The van der Waals surface area contributed by atoms with Crippen LogP contribution < -0.4 is 14.3 Å². The summed E-state index contributed by atoms with van der Waals surface area (Å²) in [7, 11) is -1.39. The van der Waals surface area contributed by atoms with Gasteiger partial charge in [-0.25, -0.2) is 8.93 Å². The van der Waals surface area contributed by atoms with Crippen molar-refractivity contribution in [2.24, 2.45) is 0 Å². The molecule has 1 aliphatic carbocycles. The van der Waals surface area contributed by atoms with Crippen molar-refractivity contribution >= 4 is 40.2 Å². The molecule has 2 aromatic carbocycles. The Hall–Kier alpha value is -2.09. The normalized spacial score (nSPS) is 18.3.